The maximum atomic E-state index is 12.5. The molecule has 0 bridgehead atoms. The van der Waals surface area contributed by atoms with Gasteiger partial charge in [-0.3, -0.25) is 9.48 Å². The fraction of sp³-hybridized carbons (Fsp3) is 0.0909. The maximum absolute atomic E-state index is 12.5. The van der Waals surface area contributed by atoms with Crippen LogP contribution < -0.4 is 10.1 Å². The Labute approximate surface area is 183 Å². The molecule has 1 N–H and O–H groups in total. The number of ether oxygens (including phenoxy) is 1. The Bertz CT molecular complexity index is 1170. The van der Waals surface area contributed by atoms with E-state index in [1.165, 1.54) is 0 Å². The molecule has 0 aliphatic rings. The standard InChI is InChI=1S/C22H17Cl2N3O3/c23-18-6-2-1-5-15(18)12-27-13-16(11-25-27)26-22(28)21-10-9-17(30-21)14-29-20-8-4-3-7-19(20)24/h1-11,13H,12,14H2,(H,26,28). The minimum absolute atomic E-state index is 0.160. The summed E-state index contributed by atoms with van der Waals surface area (Å²) in [7, 11) is 0. The lowest BCUT2D eigenvalue weighted by molar-refractivity contribution is 0.0992. The van der Waals surface area contributed by atoms with Crippen molar-refractivity contribution in [1.29, 1.82) is 0 Å². The summed E-state index contributed by atoms with van der Waals surface area (Å²) < 4.78 is 12.9. The van der Waals surface area contributed by atoms with Crippen LogP contribution in [-0.2, 0) is 13.2 Å². The van der Waals surface area contributed by atoms with Crippen LogP contribution >= 0.6 is 23.2 Å². The van der Waals surface area contributed by atoms with E-state index >= 15 is 0 Å². The maximum Gasteiger partial charge on any atom is 0.291 e. The number of aromatic nitrogens is 2. The van der Waals surface area contributed by atoms with E-state index in [1.54, 1.807) is 41.3 Å². The molecule has 0 radical (unpaired) electrons. The Morgan fingerprint density at radius 2 is 1.80 bits per heavy atom. The van der Waals surface area contributed by atoms with Crippen molar-refractivity contribution < 1.29 is 13.9 Å². The normalized spacial score (nSPS) is 10.7. The van der Waals surface area contributed by atoms with Gasteiger partial charge in [-0.2, -0.15) is 5.10 Å². The zero-order chi connectivity index (χ0) is 20.9. The van der Waals surface area contributed by atoms with Crippen molar-refractivity contribution in [3.8, 4) is 5.75 Å². The molecule has 0 atom stereocenters. The van der Waals surface area contributed by atoms with Gasteiger partial charge in [-0.05, 0) is 35.9 Å². The van der Waals surface area contributed by atoms with Crippen molar-refractivity contribution in [2.75, 3.05) is 5.32 Å². The first-order chi connectivity index (χ1) is 14.6. The topological polar surface area (TPSA) is 69.3 Å². The Balaban J connectivity index is 1.35. The highest BCUT2D eigenvalue weighted by atomic mass is 35.5. The van der Waals surface area contributed by atoms with Crippen molar-refractivity contribution in [2.24, 2.45) is 0 Å². The predicted octanol–water partition coefficient (Wildman–Crippen LogP) is 5.66. The average molecular weight is 442 g/mol. The molecule has 0 aliphatic heterocycles. The third-order valence-electron chi connectivity index (χ3n) is 4.27. The minimum atomic E-state index is -0.378. The van der Waals surface area contributed by atoms with Crippen LogP contribution in [0.1, 0.15) is 21.9 Å². The second-order valence-corrected chi connectivity index (χ2v) is 7.27. The summed E-state index contributed by atoms with van der Waals surface area (Å²) in [6.07, 6.45) is 3.30. The molecule has 2 heterocycles. The molecule has 0 spiro atoms. The van der Waals surface area contributed by atoms with E-state index in [2.05, 4.69) is 10.4 Å². The van der Waals surface area contributed by atoms with Crippen molar-refractivity contribution in [1.82, 2.24) is 9.78 Å². The Kier molecular flexibility index (Phi) is 6.07. The number of carbonyl (C=O) groups excluding carboxylic acids is 1. The van der Waals surface area contributed by atoms with E-state index in [4.69, 9.17) is 32.4 Å². The molecule has 2 aromatic heterocycles. The van der Waals surface area contributed by atoms with Gasteiger partial charge in [0.05, 0.1) is 23.5 Å². The van der Waals surface area contributed by atoms with Gasteiger partial charge in [-0.15, -0.1) is 0 Å². The number of hydrogen-bond acceptors (Lipinski definition) is 4. The van der Waals surface area contributed by atoms with Crippen LogP contribution in [0.3, 0.4) is 0 Å². The monoisotopic (exact) mass is 441 g/mol. The molecular formula is C22H17Cl2N3O3. The third-order valence-corrected chi connectivity index (χ3v) is 4.95. The molecule has 2 aromatic carbocycles. The summed E-state index contributed by atoms with van der Waals surface area (Å²) in [5.74, 6) is 0.852. The van der Waals surface area contributed by atoms with Gasteiger partial charge in [0.15, 0.2) is 5.76 Å². The molecule has 0 fully saturated rings. The number of para-hydroxylation sites is 1. The third kappa shape index (κ3) is 4.84. The molecule has 152 valence electrons. The van der Waals surface area contributed by atoms with Crippen molar-refractivity contribution in [3.05, 3.63) is 100 Å². The van der Waals surface area contributed by atoms with Gasteiger partial charge in [-0.25, -0.2) is 0 Å². The fourth-order valence-corrected chi connectivity index (χ4v) is 3.18. The molecule has 4 aromatic rings. The summed E-state index contributed by atoms with van der Waals surface area (Å²) in [4.78, 5) is 12.5. The fourth-order valence-electron chi connectivity index (χ4n) is 2.80. The lowest BCUT2D eigenvalue weighted by Crippen LogP contribution is -2.10. The van der Waals surface area contributed by atoms with Crippen LogP contribution in [-0.4, -0.2) is 15.7 Å². The Morgan fingerprint density at radius 3 is 2.60 bits per heavy atom. The summed E-state index contributed by atoms with van der Waals surface area (Å²) in [6.45, 7) is 0.659. The number of halogens is 2. The number of benzene rings is 2. The smallest absolute Gasteiger partial charge is 0.291 e. The summed E-state index contributed by atoms with van der Waals surface area (Å²) in [6, 6.07) is 18.0. The molecule has 6 nitrogen and oxygen atoms in total. The number of nitrogens with zero attached hydrogens (tertiary/aromatic N) is 2. The largest absolute Gasteiger partial charge is 0.484 e. The first-order valence-electron chi connectivity index (χ1n) is 9.12. The molecule has 0 aliphatic carbocycles. The van der Waals surface area contributed by atoms with Gasteiger partial charge in [0.1, 0.15) is 18.1 Å². The minimum Gasteiger partial charge on any atom is -0.484 e. The second-order valence-electron chi connectivity index (χ2n) is 6.46. The zero-order valence-corrected chi connectivity index (χ0v) is 17.2. The lowest BCUT2D eigenvalue weighted by atomic mass is 10.2. The molecule has 1 amide bonds. The van der Waals surface area contributed by atoms with E-state index < -0.39 is 0 Å². The van der Waals surface area contributed by atoms with Crippen LogP contribution in [0, 0.1) is 0 Å². The first-order valence-corrected chi connectivity index (χ1v) is 9.87. The SMILES string of the molecule is O=C(Nc1cnn(Cc2ccccc2Cl)c1)c1ccc(COc2ccccc2Cl)o1. The van der Waals surface area contributed by atoms with Crippen LogP contribution in [0.25, 0.3) is 0 Å². The number of carbonyl (C=O) groups is 1. The summed E-state index contributed by atoms with van der Waals surface area (Å²) in [5.41, 5.74) is 1.49. The highest BCUT2D eigenvalue weighted by molar-refractivity contribution is 6.32. The molecule has 0 saturated heterocycles. The number of hydrogen-bond donors (Lipinski definition) is 1. The van der Waals surface area contributed by atoms with Gasteiger partial charge < -0.3 is 14.5 Å². The van der Waals surface area contributed by atoms with Crippen LogP contribution in [0.2, 0.25) is 10.0 Å². The van der Waals surface area contributed by atoms with Crippen molar-refractivity contribution in [3.63, 3.8) is 0 Å². The van der Waals surface area contributed by atoms with Gasteiger partial charge >= 0.3 is 0 Å². The summed E-state index contributed by atoms with van der Waals surface area (Å²) >= 11 is 12.2. The average Bonchev–Trinajstić information content (AvgIpc) is 3.39. The van der Waals surface area contributed by atoms with E-state index in [9.17, 15) is 4.79 Å². The highest BCUT2D eigenvalue weighted by Crippen LogP contribution is 2.24. The number of rotatable bonds is 7. The van der Waals surface area contributed by atoms with Crippen LogP contribution in [0.4, 0.5) is 5.69 Å². The van der Waals surface area contributed by atoms with E-state index in [0.717, 1.165) is 5.56 Å². The molecule has 0 saturated carbocycles. The Hall–Kier alpha value is -3.22. The lowest BCUT2D eigenvalue weighted by Gasteiger charge is -2.05. The van der Waals surface area contributed by atoms with Crippen LogP contribution in [0.5, 0.6) is 5.75 Å². The molecule has 4 rings (SSSR count). The number of amides is 1. The Morgan fingerprint density at radius 1 is 1.03 bits per heavy atom. The van der Waals surface area contributed by atoms with Gasteiger partial charge in [-0.1, -0.05) is 53.5 Å². The number of furan rings is 1. The molecule has 0 unspecified atom stereocenters. The quantitative estimate of drug-likeness (QED) is 0.401. The molecule has 8 heteroatoms. The summed E-state index contributed by atoms with van der Waals surface area (Å²) in [5, 5.41) is 8.20. The van der Waals surface area contributed by atoms with Gasteiger partial charge in [0.2, 0.25) is 0 Å². The van der Waals surface area contributed by atoms with Crippen LogP contribution in [0.15, 0.2) is 77.5 Å². The van der Waals surface area contributed by atoms with Crippen molar-refractivity contribution >= 4 is 34.8 Å². The van der Waals surface area contributed by atoms with E-state index in [0.29, 0.717) is 33.8 Å². The van der Waals surface area contributed by atoms with Gasteiger partial charge in [0.25, 0.3) is 5.91 Å². The highest BCUT2D eigenvalue weighted by Gasteiger charge is 2.13. The zero-order valence-electron chi connectivity index (χ0n) is 15.7. The molecule has 30 heavy (non-hydrogen) atoms. The number of nitrogens with one attached hydrogen (secondary N) is 1. The van der Waals surface area contributed by atoms with Crippen molar-refractivity contribution in [2.45, 2.75) is 13.2 Å². The second kappa shape index (κ2) is 9.07. The van der Waals surface area contributed by atoms with E-state index in [1.807, 2.05) is 36.4 Å². The molecular weight excluding hydrogens is 425 g/mol. The predicted molar refractivity (Wildman–Crippen MR) is 115 cm³/mol. The number of anilines is 1. The van der Waals surface area contributed by atoms with E-state index in [-0.39, 0.29) is 18.3 Å². The first kappa shape index (κ1) is 20.1. The van der Waals surface area contributed by atoms with Gasteiger partial charge in [0, 0.05) is 11.2 Å².